The van der Waals surface area contributed by atoms with Gasteiger partial charge < -0.3 is 12.4 Å². The van der Waals surface area contributed by atoms with E-state index in [1.807, 2.05) is 6.56 Å². The Bertz CT molecular complexity index is 493. The van der Waals surface area contributed by atoms with Crippen LogP contribution in [0.4, 0.5) is 0 Å². The fourth-order valence-corrected chi connectivity index (χ4v) is 27.9. The van der Waals surface area contributed by atoms with Crippen LogP contribution in [0, 0.1) is 0 Å². The van der Waals surface area contributed by atoms with Crippen molar-refractivity contribution in [1.82, 2.24) is 0 Å². The maximum atomic E-state index is 2.74. The maximum absolute atomic E-state index is 2.74. The molecule has 3 heteroatoms. The Kier molecular flexibility index (Phi) is 6.10. The van der Waals surface area contributed by atoms with Crippen molar-refractivity contribution in [2.75, 3.05) is 0 Å². The normalized spacial score (nSPS) is 19.6. The van der Waals surface area contributed by atoms with E-state index in [1.165, 1.54) is 12.8 Å². The van der Waals surface area contributed by atoms with Gasteiger partial charge in [-0.15, -0.1) is 0 Å². The van der Waals surface area contributed by atoms with E-state index in [0.29, 0.717) is 0 Å². The molecular weight excluding hydrogens is 359 g/mol. The summed E-state index contributed by atoms with van der Waals surface area (Å²) in [4.78, 5) is 0. The summed E-state index contributed by atoms with van der Waals surface area (Å²) in [6.07, 6.45) is 7.48. The van der Waals surface area contributed by atoms with Gasteiger partial charge in [-0.2, -0.15) is 0 Å². The topological polar surface area (TPSA) is 0 Å². The summed E-state index contributed by atoms with van der Waals surface area (Å²) in [6.45, 7) is 14.6. The number of rotatable bonds is 3. The summed E-state index contributed by atoms with van der Waals surface area (Å²) in [6, 6.07) is 0. The molecule has 0 radical (unpaired) electrons. The van der Waals surface area contributed by atoms with Gasteiger partial charge in [0.25, 0.3) is 0 Å². The van der Waals surface area contributed by atoms with Crippen LogP contribution in [0.1, 0.15) is 40.5 Å². The fraction of sp³-hybridized carbons (Fsp3) is 0.529. The van der Waals surface area contributed by atoms with Gasteiger partial charge in [-0.25, -0.2) is 0 Å². The molecule has 2 aliphatic carbocycles. The molecule has 0 aromatic rings. The van der Waals surface area contributed by atoms with Crippen LogP contribution in [-0.4, -0.2) is 5.92 Å². The van der Waals surface area contributed by atoms with Crippen molar-refractivity contribution in [2.24, 2.45) is 0 Å². The minimum Gasteiger partial charge on any atom is -1.00 e. The van der Waals surface area contributed by atoms with Crippen molar-refractivity contribution in [3.05, 3.63) is 41.0 Å². The summed E-state index contributed by atoms with van der Waals surface area (Å²) in [5.74, 6) is -0.611. The number of hydrogen-bond donors (Lipinski definition) is 0. The molecule has 0 amide bonds. The van der Waals surface area contributed by atoms with Gasteiger partial charge in [0, 0.05) is 0 Å². The molecule has 0 aromatic carbocycles. The van der Waals surface area contributed by atoms with Crippen molar-refractivity contribution in [3.63, 3.8) is 0 Å². The van der Waals surface area contributed by atoms with Gasteiger partial charge >= 0.3 is 125 Å². The van der Waals surface area contributed by atoms with Crippen molar-refractivity contribution < 1.29 is 31.8 Å². The Labute approximate surface area is 136 Å². The summed E-state index contributed by atoms with van der Waals surface area (Å²) < 4.78 is 6.58. The second-order valence-electron chi connectivity index (χ2n) is 7.02. The van der Waals surface area contributed by atoms with Gasteiger partial charge in [0.15, 0.2) is 0 Å². The molecule has 2 rings (SSSR count). The van der Waals surface area contributed by atoms with Crippen LogP contribution in [0.5, 0.6) is 0 Å². The van der Waals surface area contributed by atoms with E-state index in [2.05, 4.69) is 57.6 Å². The summed E-state index contributed by atoms with van der Waals surface area (Å²) in [5.41, 5.74) is 6.43. The fourth-order valence-electron chi connectivity index (χ4n) is 3.92. The largest absolute Gasteiger partial charge is 1.00 e. The van der Waals surface area contributed by atoms with Gasteiger partial charge in [-0.1, -0.05) is 0 Å². The summed E-state index contributed by atoms with van der Waals surface area (Å²) >= 11 is -2.26. The molecule has 0 atom stereocenters. The maximum Gasteiger partial charge on any atom is -1.00 e. The van der Waals surface area contributed by atoms with Crippen LogP contribution in [-0.2, 0) is 19.4 Å². The quantitative estimate of drug-likeness (QED) is 0.653. The van der Waals surface area contributed by atoms with Crippen LogP contribution in [0.3, 0.4) is 0 Å². The zero-order valence-electron chi connectivity index (χ0n) is 14.0. The first-order valence-corrected chi connectivity index (χ1v) is 19.6. The zero-order chi connectivity index (χ0) is 14.4. The van der Waals surface area contributed by atoms with Crippen LogP contribution in [0.15, 0.2) is 41.0 Å². The van der Waals surface area contributed by atoms with Gasteiger partial charge in [-0.05, 0) is 0 Å². The van der Waals surface area contributed by atoms with E-state index in [-0.39, 0.29) is 12.4 Å². The van der Waals surface area contributed by atoms with Crippen LogP contribution >= 0.6 is 0 Å². The van der Waals surface area contributed by atoms with Gasteiger partial charge in [0.1, 0.15) is 0 Å². The average Bonchev–Trinajstić information content (AvgIpc) is 2.80. The summed E-state index contributed by atoms with van der Waals surface area (Å²) in [5, 5.41) is 0. The molecule has 0 spiro atoms. The van der Waals surface area contributed by atoms with Crippen LogP contribution in [0.2, 0.25) is 17.7 Å². The molecule has 2 aliphatic rings. The first kappa shape index (κ1) is 18.4. The second kappa shape index (κ2) is 6.63. The monoisotopic (exact) mass is 385 g/mol. The molecule has 0 N–H and O–H groups in total. The van der Waals surface area contributed by atoms with Gasteiger partial charge in [0.2, 0.25) is 0 Å². The van der Waals surface area contributed by atoms with Crippen molar-refractivity contribution in [3.8, 4) is 0 Å². The molecule has 20 heavy (non-hydrogen) atoms. The Hall–Kier alpha value is 0.350. The predicted molar refractivity (Wildman–Crippen MR) is 86.9 cm³/mol. The predicted octanol–water partition coefficient (Wildman–Crippen LogP) is 2.42. The van der Waals surface area contributed by atoms with E-state index in [1.54, 1.807) is 22.3 Å². The van der Waals surface area contributed by atoms with E-state index in [0.717, 1.165) is 0 Å². The second-order valence-corrected chi connectivity index (χ2v) is 33.5. The Morgan fingerprint density at radius 2 is 1.20 bits per heavy atom. The Morgan fingerprint density at radius 3 is 1.40 bits per heavy atom. The SMILES string of the molecule is CC1=CC(C)=[C]([Zr+]([CH3])([C]2=C(C)C=C(C)C2)[SiH](C)C)C1.[Cl-]. The van der Waals surface area contributed by atoms with Crippen LogP contribution in [0.25, 0.3) is 0 Å². The van der Waals surface area contributed by atoms with E-state index in [4.69, 9.17) is 0 Å². The third kappa shape index (κ3) is 3.08. The molecule has 0 aliphatic heterocycles. The molecule has 0 saturated heterocycles. The molecule has 0 nitrogen and oxygen atoms in total. The molecule has 0 fully saturated rings. The van der Waals surface area contributed by atoms with Gasteiger partial charge in [0.05, 0.1) is 0 Å². The van der Waals surface area contributed by atoms with Crippen molar-refractivity contribution in [1.29, 1.82) is 0 Å². The Balaban J connectivity index is 0.00000200. The van der Waals surface area contributed by atoms with E-state index >= 15 is 0 Å². The van der Waals surface area contributed by atoms with Gasteiger partial charge in [-0.3, -0.25) is 0 Å². The minimum absolute atomic E-state index is 0. The molecule has 0 aromatic heterocycles. The molecule has 0 saturated carbocycles. The summed E-state index contributed by atoms with van der Waals surface area (Å²) in [7, 11) is 0. The zero-order valence-corrected chi connectivity index (χ0v) is 18.4. The first-order chi connectivity index (χ1) is 8.76. The van der Waals surface area contributed by atoms with Crippen molar-refractivity contribution in [2.45, 2.75) is 58.3 Å². The molecule has 0 bridgehead atoms. The number of halogens is 1. The molecule has 0 heterocycles. The number of hydrogen-bond acceptors (Lipinski definition) is 0. The molecular formula is C17H28ClSiZr. The molecule has 111 valence electrons. The average molecular weight is 387 g/mol. The first-order valence-electron chi connectivity index (χ1n) is 7.51. The standard InChI is InChI=1S/2C7H9.C2H7Si.CH3.ClH.Zr/c2*1-6-3-4-7(2)5-6;1-3-2;;;/h2*5H,3H2,1-2H3;3H,1-2H3;1H3;1H;/q;;;;;+1/p-1. The Morgan fingerprint density at radius 1 is 0.850 bits per heavy atom. The van der Waals surface area contributed by atoms with Crippen LogP contribution < -0.4 is 12.4 Å². The van der Waals surface area contributed by atoms with Crippen molar-refractivity contribution >= 4 is 5.92 Å². The number of allylic oxidation sites excluding steroid dienone is 8. The third-order valence-electron chi connectivity index (χ3n) is 5.20. The smallest absolute Gasteiger partial charge is 1.00 e. The minimum atomic E-state index is -2.26. The van der Waals surface area contributed by atoms with E-state index in [9.17, 15) is 0 Å². The molecule has 0 unspecified atom stereocenters. The van der Waals surface area contributed by atoms with E-state index < -0.39 is 25.4 Å². The third-order valence-corrected chi connectivity index (χ3v) is 37.6.